The average molecular weight is 374 g/mol. The van der Waals surface area contributed by atoms with Crippen molar-refractivity contribution in [2.75, 3.05) is 26.3 Å². The molecule has 2 heterocycles. The normalized spacial score (nSPS) is 22.5. The van der Waals surface area contributed by atoms with E-state index in [9.17, 15) is 18.0 Å². The first kappa shape index (κ1) is 19.2. The molecule has 1 saturated heterocycles. The molecule has 6 nitrogen and oxygen atoms in total. The number of morpholine rings is 1. The first-order valence-corrected chi connectivity index (χ1v) is 8.84. The number of nitrogens with two attached hydrogens (primary N) is 1. The summed E-state index contributed by atoms with van der Waals surface area (Å²) in [7, 11) is 0. The molecule has 0 radical (unpaired) electrons. The highest BCUT2D eigenvalue weighted by Crippen LogP contribution is 2.48. The minimum absolute atomic E-state index is 0.0105. The van der Waals surface area contributed by atoms with Gasteiger partial charge in [-0.1, -0.05) is 0 Å². The van der Waals surface area contributed by atoms with Gasteiger partial charge in [-0.25, -0.2) is 0 Å². The molecule has 0 bridgehead atoms. The molecule has 1 unspecified atom stereocenters. The third-order valence-corrected chi connectivity index (χ3v) is 5.46. The van der Waals surface area contributed by atoms with E-state index >= 15 is 0 Å². The van der Waals surface area contributed by atoms with Gasteiger partial charge < -0.3 is 15.4 Å². The van der Waals surface area contributed by atoms with Crippen molar-refractivity contribution < 1.29 is 22.7 Å². The summed E-state index contributed by atoms with van der Waals surface area (Å²) in [6, 6.07) is -0.410. The number of nitrogens with zero attached hydrogens (tertiary/aromatic N) is 3. The van der Waals surface area contributed by atoms with Gasteiger partial charge in [0.15, 0.2) is 0 Å². The fourth-order valence-electron chi connectivity index (χ4n) is 3.71. The molecule has 1 aromatic rings. The van der Waals surface area contributed by atoms with E-state index in [4.69, 9.17) is 10.5 Å². The molecular formula is C17H25F3N4O2. The zero-order valence-corrected chi connectivity index (χ0v) is 15.1. The van der Waals surface area contributed by atoms with Crippen molar-refractivity contribution in [3.8, 4) is 0 Å². The second-order valence-electron chi connectivity index (χ2n) is 7.42. The molecule has 0 spiro atoms. The van der Waals surface area contributed by atoms with Gasteiger partial charge in [0.05, 0.1) is 24.9 Å². The molecule has 1 aromatic heterocycles. The Bertz CT molecular complexity index is 682. The van der Waals surface area contributed by atoms with E-state index in [1.165, 1.54) is 0 Å². The highest BCUT2D eigenvalue weighted by molar-refractivity contribution is 5.78. The molecule has 2 fully saturated rings. The van der Waals surface area contributed by atoms with Gasteiger partial charge in [-0.05, 0) is 38.6 Å². The molecule has 1 amide bonds. The molecule has 0 aromatic carbocycles. The summed E-state index contributed by atoms with van der Waals surface area (Å²) in [5.74, 6) is -0.0105. The quantitative estimate of drug-likeness (QED) is 0.857. The molecule has 3 rings (SSSR count). The Kier molecular flexibility index (Phi) is 5.04. The van der Waals surface area contributed by atoms with Crippen LogP contribution in [0.15, 0.2) is 0 Å². The van der Waals surface area contributed by atoms with E-state index < -0.39 is 18.8 Å². The summed E-state index contributed by atoms with van der Waals surface area (Å²) in [6.45, 7) is 3.74. The van der Waals surface area contributed by atoms with Crippen molar-refractivity contribution in [2.24, 2.45) is 11.1 Å². The largest absolute Gasteiger partial charge is 0.408 e. The average Bonchev–Trinajstić information content (AvgIpc) is 3.28. The summed E-state index contributed by atoms with van der Waals surface area (Å²) in [5.41, 5.74) is 7.27. The predicted molar refractivity (Wildman–Crippen MR) is 88.4 cm³/mol. The smallest absolute Gasteiger partial charge is 0.377 e. The maximum Gasteiger partial charge on any atom is 0.408 e. The lowest BCUT2D eigenvalue weighted by atomic mass is 9.98. The Balaban J connectivity index is 1.85. The lowest BCUT2D eigenvalue weighted by molar-refractivity contribution is -0.143. The van der Waals surface area contributed by atoms with Crippen LogP contribution in [-0.4, -0.2) is 53.1 Å². The summed E-state index contributed by atoms with van der Waals surface area (Å²) in [6.07, 6.45) is -2.06. The number of alkyl halides is 3. The number of hydrogen-bond donors (Lipinski definition) is 1. The number of amides is 1. The molecule has 2 aliphatic rings. The lowest BCUT2D eigenvalue weighted by Gasteiger charge is -2.37. The zero-order valence-electron chi connectivity index (χ0n) is 15.1. The van der Waals surface area contributed by atoms with E-state index in [2.05, 4.69) is 5.10 Å². The van der Waals surface area contributed by atoms with Gasteiger partial charge in [-0.15, -0.1) is 0 Å². The molecule has 1 atom stereocenters. The number of aromatic nitrogens is 2. The zero-order chi connectivity index (χ0) is 19.1. The second-order valence-corrected chi connectivity index (χ2v) is 7.42. The van der Waals surface area contributed by atoms with Gasteiger partial charge in [0, 0.05) is 24.2 Å². The molecule has 1 aliphatic carbocycles. The van der Waals surface area contributed by atoms with E-state index in [0.29, 0.717) is 43.1 Å². The Morgan fingerprint density at radius 3 is 2.65 bits per heavy atom. The van der Waals surface area contributed by atoms with E-state index in [-0.39, 0.29) is 17.9 Å². The first-order valence-electron chi connectivity index (χ1n) is 8.84. The fraction of sp³-hybridized carbons (Fsp3) is 0.765. The van der Waals surface area contributed by atoms with Crippen molar-refractivity contribution in [1.29, 1.82) is 0 Å². The highest BCUT2D eigenvalue weighted by Gasteiger charge is 2.45. The molecule has 26 heavy (non-hydrogen) atoms. The van der Waals surface area contributed by atoms with Gasteiger partial charge in [0.2, 0.25) is 5.91 Å². The first-order chi connectivity index (χ1) is 12.2. The van der Waals surface area contributed by atoms with E-state index in [1.807, 2.05) is 0 Å². The monoisotopic (exact) mass is 374 g/mol. The van der Waals surface area contributed by atoms with Gasteiger partial charge in [0.1, 0.15) is 6.54 Å². The van der Waals surface area contributed by atoms with Crippen LogP contribution in [0.5, 0.6) is 0 Å². The van der Waals surface area contributed by atoms with Crippen LogP contribution >= 0.6 is 0 Å². The second kappa shape index (κ2) is 6.84. The third-order valence-electron chi connectivity index (χ3n) is 5.46. The van der Waals surface area contributed by atoms with Crippen molar-refractivity contribution in [3.05, 3.63) is 17.0 Å². The molecular weight excluding hydrogens is 349 g/mol. The lowest BCUT2D eigenvalue weighted by Crippen LogP contribution is -2.45. The Morgan fingerprint density at radius 1 is 1.38 bits per heavy atom. The number of rotatable bonds is 5. The van der Waals surface area contributed by atoms with Crippen LogP contribution in [0.2, 0.25) is 0 Å². The van der Waals surface area contributed by atoms with Crippen molar-refractivity contribution in [1.82, 2.24) is 14.7 Å². The van der Waals surface area contributed by atoms with Crippen LogP contribution in [0, 0.1) is 19.3 Å². The fourth-order valence-corrected chi connectivity index (χ4v) is 3.71. The minimum atomic E-state index is -4.35. The Morgan fingerprint density at radius 2 is 2.08 bits per heavy atom. The Labute approximate surface area is 150 Å². The number of halogens is 3. The summed E-state index contributed by atoms with van der Waals surface area (Å²) in [5, 5.41) is 4.05. The van der Waals surface area contributed by atoms with Crippen molar-refractivity contribution in [2.45, 2.75) is 51.9 Å². The molecule has 1 aliphatic heterocycles. The topological polar surface area (TPSA) is 73.4 Å². The summed E-state index contributed by atoms with van der Waals surface area (Å²) >= 11 is 0. The van der Waals surface area contributed by atoms with E-state index in [1.54, 1.807) is 18.7 Å². The van der Waals surface area contributed by atoms with Crippen LogP contribution in [-0.2, 0) is 16.1 Å². The summed E-state index contributed by atoms with van der Waals surface area (Å²) in [4.78, 5) is 14.6. The van der Waals surface area contributed by atoms with Crippen LogP contribution in [0.1, 0.15) is 42.3 Å². The van der Waals surface area contributed by atoms with Gasteiger partial charge in [0.25, 0.3) is 0 Å². The molecule has 2 N–H and O–H groups in total. The molecule has 9 heteroatoms. The number of carbonyl (C=O) groups excluding carboxylic acids is 1. The number of carbonyl (C=O) groups is 1. The highest BCUT2D eigenvalue weighted by atomic mass is 19.4. The van der Waals surface area contributed by atoms with Crippen molar-refractivity contribution >= 4 is 5.91 Å². The summed E-state index contributed by atoms with van der Waals surface area (Å²) < 4.78 is 44.8. The minimum Gasteiger partial charge on any atom is -0.377 e. The predicted octanol–water partition coefficient (Wildman–Crippen LogP) is 2.09. The van der Waals surface area contributed by atoms with Crippen LogP contribution in [0.25, 0.3) is 0 Å². The van der Waals surface area contributed by atoms with Crippen molar-refractivity contribution in [3.63, 3.8) is 0 Å². The van der Waals surface area contributed by atoms with Gasteiger partial charge >= 0.3 is 6.18 Å². The van der Waals surface area contributed by atoms with Gasteiger partial charge in [-0.2, -0.15) is 18.3 Å². The standard InChI is InChI=1S/C17H25F3N4O2/c1-11-15(12(2)24(22-11)10-17(18,19)20)13-8-26-6-5-23(13)14(25)7-16(9-21)3-4-16/h13H,3-10,21H2,1-2H3. The number of ether oxygens (including phenoxy) is 1. The van der Waals surface area contributed by atoms with Gasteiger partial charge in [-0.3, -0.25) is 9.48 Å². The number of aryl methyl sites for hydroxylation is 1. The SMILES string of the molecule is Cc1nn(CC(F)(F)F)c(C)c1C1COCCN1C(=O)CC1(CN)CC1. The third kappa shape index (κ3) is 3.88. The van der Waals surface area contributed by atoms with Crippen LogP contribution in [0.4, 0.5) is 13.2 Å². The maximum atomic E-state index is 12.9. The van der Waals surface area contributed by atoms with Crippen LogP contribution in [0.3, 0.4) is 0 Å². The molecule has 1 saturated carbocycles. The maximum absolute atomic E-state index is 12.9. The molecule has 146 valence electrons. The van der Waals surface area contributed by atoms with Crippen LogP contribution < -0.4 is 5.73 Å². The van der Waals surface area contributed by atoms with E-state index in [0.717, 1.165) is 17.5 Å². The number of hydrogen-bond acceptors (Lipinski definition) is 4. The Hall–Kier alpha value is -1.61.